The van der Waals surface area contributed by atoms with Gasteiger partial charge in [0.15, 0.2) is 5.82 Å². The van der Waals surface area contributed by atoms with E-state index in [-0.39, 0.29) is 17.2 Å². The van der Waals surface area contributed by atoms with E-state index in [9.17, 15) is 9.18 Å². The van der Waals surface area contributed by atoms with E-state index in [1.807, 2.05) is 30.3 Å². The Balaban J connectivity index is 2.15. The van der Waals surface area contributed by atoms with E-state index in [1.165, 1.54) is 6.07 Å². The SMILES string of the molecule is Cc1ccc(Cl)c(F)c1C(=O)OCc1ccccc1. The van der Waals surface area contributed by atoms with Crippen LogP contribution in [0.3, 0.4) is 0 Å². The Hall–Kier alpha value is -1.87. The standard InChI is InChI=1S/C15H12ClFO2/c1-10-7-8-12(16)14(17)13(10)15(18)19-9-11-5-3-2-4-6-11/h2-8H,9H2,1H3. The fourth-order valence-electron chi connectivity index (χ4n) is 1.69. The van der Waals surface area contributed by atoms with Gasteiger partial charge in [-0.3, -0.25) is 0 Å². The van der Waals surface area contributed by atoms with E-state index < -0.39 is 11.8 Å². The van der Waals surface area contributed by atoms with Crippen LogP contribution in [0.2, 0.25) is 5.02 Å². The van der Waals surface area contributed by atoms with Crippen molar-refractivity contribution in [2.75, 3.05) is 0 Å². The Labute approximate surface area is 115 Å². The second-order valence-electron chi connectivity index (χ2n) is 4.11. The molecule has 0 unspecified atom stereocenters. The van der Waals surface area contributed by atoms with Crippen molar-refractivity contribution in [3.05, 3.63) is 70.0 Å². The zero-order chi connectivity index (χ0) is 13.8. The molecule has 0 aliphatic heterocycles. The highest BCUT2D eigenvalue weighted by Gasteiger charge is 2.18. The van der Waals surface area contributed by atoms with E-state index in [0.717, 1.165) is 5.56 Å². The number of carbonyl (C=O) groups excluding carboxylic acids is 1. The molecule has 0 aromatic heterocycles. The molecule has 0 radical (unpaired) electrons. The summed E-state index contributed by atoms with van der Waals surface area (Å²) in [7, 11) is 0. The van der Waals surface area contributed by atoms with Crippen LogP contribution in [0, 0.1) is 12.7 Å². The van der Waals surface area contributed by atoms with Gasteiger partial charge >= 0.3 is 5.97 Å². The monoisotopic (exact) mass is 278 g/mol. The lowest BCUT2D eigenvalue weighted by atomic mass is 10.1. The molecule has 2 nitrogen and oxygen atoms in total. The normalized spacial score (nSPS) is 10.3. The van der Waals surface area contributed by atoms with Gasteiger partial charge in [-0.1, -0.05) is 48.0 Å². The van der Waals surface area contributed by atoms with Gasteiger partial charge in [-0.05, 0) is 24.1 Å². The molecule has 98 valence electrons. The maximum atomic E-state index is 13.8. The van der Waals surface area contributed by atoms with E-state index >= 15 is 0 Å². The van der Waals surface area contributed by atoms with Gasteiger partial charge in [0, 0.05) is 0 Å². The molecule has 0 aliphatic rings. The molecular weight excluding hydrogens is 267 g/mol. The van der Waals surface area contributed by atoms with Crippen LogP contribution in [0.25, 0.3) is 0 Å². The summed E-state index contributed by atoms with van der Waals surface area (Å²) in [5.74, 6) is -1.44. The molecule has 0 spiro atoms. The van der Waals surface area contributed by atoms with Crippen molar-refractivity contribution < 1.29 is 13.9 Å². The van der Waals surface area contributed by atoms with Crippen LogP contribution in [0.1, 0.15) is 21.5 Å². The number of hydrogen-bond acceptors (Lipinski definition) is 2. The summed E-state index contributed by atoms with van der Waals surface area (Å²) in [6, 6.07) is 12.2. The summed E-state index contributed by atoms with van der Waals surface area (Å²) in [5, 5.41) is -0.0859. The Bertz CT molecular complexity index is 597. The molecule has 0 amide bonds. The van der Waals surface area contributed by atoms with E-state index in [0.29, 0.717) is 5.56 Å². The summed E-state index contributed by atoms with van der Waals surface area (Å²) in [5.41, 5.74) is 1.24. The first-order chi connectivity index (χ1) is 9.09. The van der Waals surface area contributed by atoms with Crippen LogP contribution >= 0.6 is 11.6 Å². The zero-order valence-electron chi connectivity index (χ0n) is 10.3. The molecule has 0 N–H and O–H groups in total. The zero-order valence-corrected chi connectivity index (χ0v) is 11.1. The minimum Gasteiger partial charge on any atom is -0.457 e. The van der Waals surface area contributed by atoms with Crippen molar-refractivity contribution in [3.8, 4) is 0 Å². The lowest BCUT2D eigenvalue weighted by molar-refractivity contribution is 0.0466. The van der Waals surface area contributed by atoms with Crippen LogP contribution in [-0.2, 0) is 11.3 Å². The van der Waals surface area contributed by atoms with E-state index in [2.05, 4.69) is 0 Å². The Kier molecular flexibility index (Phi) is 4.17. The summed E-state index contributed by atoms with van der Waals surface area (Å²) in [4.78, 5) is 11.9. The average molecular weight is 279 g/mol. The van der Waals surface area contributed by atoms with Crippen molar-refractivity contribution in [3.63, 3.8) is 0 Å². The highest BCUT2D eigenvalue weighted by Crippen LogP contribution is 2.22. The molecule has 4 heteroatoms. The second-order valence-corrected chi connectivity index (χ2v) is 4.52. The number of esters is 1. The summed E-state index contributed by atoms with van der Waals surface area (Å²) in [6.45, 7) is 1.74. The largest absolute Gasteiger partial charge is 0.457 e. The number of halogens is 2. The van der Waals surface area contributed by atoms with E-state index in [1.54, 1.807) is 13.0 Å². The van der Waals surface area contributed by atoms with E-state index in [4.69, 9.17) is 16.3 Å². The fraction of sp³-hybridized carbons (Fsp3) is 0.133. The summed E-state index contributed by atoms with van der Waals surface area (Å²) >= 11 is 5.66. The molecule has 2 aromatic rings. The predicted molar refractivity (Wildman–Crippen MR) is 71.7 cm³/mol. The Morgan fingerprint density at radius 3 is 2.58 bits per heavy atom. The molecule has 0 saturated carbocycles. The van der Waals surface area contributed by atoms with Crippen LogP contribution in [0.15, 0.2) is 42.5 Å². The third-order valence-electron chi connectivity index (χ3n) is 2.72. The van der Waals surface area contributed by atoms with Crippen molar-refractivity contribution in [1.82, 2.24) is 0 Å². The molecule has 2 rings (SSSR count). The first kappa shape index (κ1) is 13.6. The molecule has 0 aliphatic carbocycles. The fourth-order valence-corrected chi connectivity index (χ4v) is 1.85. The summed E-state index contributed by atoms with van der Waals surface area (Å²) in [6.07, 6.45) is 0. The number of benzene rings is 2. The highest BCUT2D eigenvalue weighted by atomic mass is 35.5. The minimum absolute atomic E-state index is 0.0859. The van der Waals surface area contributed by atoms with Crippen LogP contribution in [0.4, 0.5) is 4.39 Å². The van der Waals surface area contributed by atoms with Crippen molar-refractivity contribution in [2.24, 2.45) is 0 Å². The van der Waals surface area contributed by atoms with Crippen molar-refractivity contribution in [2.45, 2.75) is 13.5 Å². The molecular formula is C15H12ClFO2. The highest BCUT2D eigenvalue weighted by molar-refractivity contribution is 6.31. The predicted octanol–water partition coefficient (Wildman–Crippen LogP) is 4.14. The lowest BCUT2D eigenvalue weighted by Crippen LogP contribution is -2.10. The molecule has 19 heavy (non-hydrogen) atoms. The van der Waals surface area contributed by atoms with Gasteiger partial charge in [-0.25, -0.2) is 9.18 Å². The van der Waals surface area contributed by atoms with Gasteiger partial charge in [-0.15, -0.1) is 0 Å². The Morgan fingerprint density at radius 1 is 1.21 bits per heavy atom. The molecule has 2 aromatic carbocycles. The van der Waals surface area contributed by atoms with Gasteiger partial charge in [0.1, 0.15) is 6.61 Å². The topological polar surface area (TPSA) is 26.3 Å². The molecule has 0 atom stereocenters. The Morgan fingerprint density at radius 2 is 1.89 bits per heavy atom. The quantitative estimate of drug-likeness (QED) is 0.789. The second kappa shape index (κ2) is 5.85. The number of aryl methyl sites for hydroxylation is 1. The first-order valence-electron chi connectivity index (χ1n) is 5.75. The van der Waals surface area contributed by atoms with Crippen LogP contribution in [-0.4, -0.2) is 5.97 Å². The third kappa shape index (κ3) is 3.12. The number of carbonyl (C=O) groups is 1. The van der Waals surface area contributed by atoms with Gasteiger partial charge in [-0.2, -0.15) is 0 Å². The van der Waals surface area contributed by atoms with Crippen molar-refractivity contribution in [1.29, 1.82) is 0 Å². The number of rotatable bonds is 3. The summed E-state index contributed by atoms with van der Waals surface area (Å²) < 4.78 is 18.9. The molecule has 0 saturated heterocycles. The smallest absolute Gasteiger partial charge is 0.341 e. The maximum Gasteiger partial charge on any atom is 0.341 e. The van der Waals surface area contributed by atoms with Gasteiger partial charge in [0.2, 0.25) is 0 Å². The van der Waals surface area contributed by atoms with Crippen LogP contribution in [0.5, 0.6) is 0 Å². The third-order valence-corrected chi connectivity index (χ3v) is 3.01. The van der Waals surface area contributed by atoms with Gasteiger partial charge < -0.3 is 4.74 Å². The number of hydrogen-bond donors (Lipinski definition) is 0. The first-order valence-corrected chi connectivity index (χ1v) is 6.13. The van der Waals surface area contributed by atoms with Gasteiger partial charge in [0.05, 0.1) is 10.6 Å². The average Bonchev–Trinajstić information content (AvgIpc) is 2.42. The van der Waals surface area contributed by atoms with Gasteiger partial charge in [0.25, 0.3) is 0 Å². The molecule has 0 bridgehead atoms. The maximum absolute atomic E-state index is 13.8. The lowest BCUT2D eigenvalue weighted by Gasteiger charge is -2.09. The van der Waals surface area contributed by atoms with Crippen molar-refractivity contribution >= 4 is 17.6 Å². The number of ether oxygens (including phenoxy) is 1. The molecule has 0 heterocycles. The minimum atomic E-state index is -0.736. The van der Waals surface area contributed by atoms with Crippen LogP contribution < -0.4 is 0 Å². The molecule has 0 fully saturated rings.